The van der Waals surface area contributed by atoms with Gasteiger partial charge in [0.15, 0.2) is 0 Å². The zero-order valence-corrected chi connectivity index (χ0v) is 13.1. The van der Waals surface area contributed by atoms with Crippen molar-refractivity contribution in [2.75, 3.05) is 20.1 Å². The van der Waals surface area contributed by atoms with Gasteiger partial charge in [-0.1, -0.05) is 23.2 Å². The van der Waals surface area contributed by atoms with Crippen LogP contribution in [0, 0.1) is 0 Å². The SMILES string of the molecule is CN(CCNC(C)(C)C)Cc1cc(Cl)sc1Cl. The van der Waals surface area contributed by atoms with E-state index in [0.29, 0.717) is 0 Å². The Labute approximate surface area is 118 Å². The number of hydrogen-bond donors (Lipinski definition) is 1. The van der Waals surface area contributed by atoms with E-state index in [1.807, 2.05) is 6.07 Å². The minimum Gasteiger partial charge on any atom is -0.311 e. The van der Waals surface area contributed by atoms with Crippen molar-refractivity contribution in [2.45, 2.75) is 32.9 Å². The second-order valence-electron chi connectivity index (χ2n) is 5.26. The van der Waals surface area contributed by atoms with Gasteiger partial charge < -0.3 is 10.2 Å². The molecular weight excluding hydrogens is 275 g/mol. The maximum Gasteiger partial charge on any atom is 0.0989 e. The fraction of sp³-hybridized carbons (Fsp3) is 0.667. The summed E-state index contributed by atoms with van der Waals surface area (Å²) in [6.07, 6.45) is 0. The zero-order chi connectivity index (χ0) is 13.1. The van der Waals surface area contributed by atoms with E-state index in [2.05, 4.69) is 38.0 Å². The second-order valence-corrected chi connectivity index (χ2v) is 7.55. The summed E-state index contributed by atoms with van der Waals surface area (Å²) in [6.45, 7) is 9.30. The van der Waals surface area contributed by atoms with Crippen LogP contribution in [0.5, 0.6) is 0 Å². The molecule has 5 heteroatoms. The Morgan fingerprint density at radius 2 is 2.00 bits per heavy atom. The molecule has 0 saturated carbocycles. The van der Waals surface area contributed by atoms with Crippen molar-refractivity contribution >= 4 is 34.5 Å². The van der Waals surface area contributed by atoms with Crippen LogP contribution in [0.3, 0.4) is 0 Å². The minimum atomic E-state index is 0.171. The summed E-state index contributed by atoms with van der Waals surface area (Å²) in [5.74, 6) is 0. The Hall–Kier alpha value is 0.200. The fourth-order valence-electron chi connectivity index (χ4n) is 1.47. The van der Waals surface area contributed by atoms with E-state index in [-0.39, 0.29) is 5.54 Å². The Kier molecular flexibility index (Phi) is 5.74. The number of halogens is 2. The number of thiophene rings is 1. The van der Waals surface area contributed by atoms with Gasteiger partial charge in [-0.05, 0) is 39.4 Å². The Morgan fingerprint density at radius 3 is 2.47 bits per heavy atom. The van der Waals surface area contributed by atoms with Crippen molar-refractivity contribution in [3.05, 3.63) is 20.3 Å². The van der Waals surface area contributed by atoms with Gasteiger partial charge in [-0.3, -0.25) is 0 Å². The number of nitrogens with zero attached hydrogens (tertiary/aromatic N) is 1. The van der Waals surface area contributed by atoms with E-state index >= 15 is 0 Å². The zero-order valence-electron chi connectivity index (χ0n) is 10.8. The first kappa shape index (κ1) is 15.3. The van der Waals surface area contributed by atoms with Crippen molar-refractivity contribution in [1.82, 2.24) is 10.2 Å². The molecule has 0 aromatic carbocycles. The molecule has 0 amide bonds. The Balaban J connectivity index is 2.35. The molecule has 1 aromatic rings. The number of likely N-dealkylation sites (N-methyl/N-ethyl adjacent to an activating group) is 1. The molecule has 1 aromatic heterocycles. The molecule has 0 atom stereocenters. The molecule has 1 rings (SSSR count). The van der Waals surface area contributed by atoms with Gasteiger partial charge in [-0.2, -0.15) is 0 Å². The van der Waals surface area contributed by atoms with Crippen LogP contribution < -0.4 is 5.32 Å². The van der Waals surface area contributed by atoms with Crippen molar-refractivity contribution in [3.63, 3.8) is 0 Å². The Bertz CT molecular complexity index is 358. The molecule has 0 radical (unpaired) electrons. The standard InChI is InChI=1S/C12H20Cl2N2S/c1-12(2,3)15-5-6-16(4)8-9-7-10(13)17-11(9)14/h7,15H,5-6,8H2,1-4H3. The predicted molar refractivity (Wildman–Crippen MR) is 78.4 cm³/mol. The smallest absolute Gasteiger partial charge is 0.0989 e. The summed E-state index contributed by atoms with van der Waals surface area (Å²) in [4.78, 5) is 2.24. The lowest BCUT2D eigenvalue weighted by atomic mass is 10.1. The molecule has 0 saturated heterocycles. The topological polar surface area (TPSA) is 15.3 Å². The molecule has 0 fully saturated rings. The summed E-state index contributed by atoms with van der Waals surface area (Å²) in [6, 6.07) is 1.95. The highest BCUT2D eigenvalue weighted by Gasteiger charge is 2.11. The first-order valence-corrected chi connectivity index (χ1v) is 7.22. The Morgan fingerprint density at radius 1 is 1.35 bits per heavy atom. The van der Waals surface area contributed by atoms with Gasteiger partial charge in [-0.25, -0.2) is 0 Å². The summed E-state index contributed by atoms with van der Waals surface area (Å²) in [7, 11) is 2.09. The van der Waals surface area contributed by atoms with Crippen LogP contribution in [0.1, 0.15) is 26.3 Å². The first-order chi connectivity index (χ1) is 7.78. The van der Waals surface area contributed by atoms with Gasteiger partial charge in [-0.15, -0.1) is 11.3 Å². The van der Waals surface area contributed by atoms with E-state index in [0.717, 1.165) is 33.9 Å². The van der Waals surface area contributed by atoms with Crippen molar-refractivity contribution in [1.29, 1.82) is 0 Å². The maximum absolute atomic E-state index is 6.09. The highest BCUT2D eigenvalue weighted by molar-refractivity contribution is 7.20. The van der Waals surface area contributed by atoms with Crippen LogP contribution in [-0.4, -0.2) is 30.6 Å². The molecule has 2 nitrogen and oxygen atoms in total. The van der Waals surface area contributed by atoms with Gasteiger partial charge in [0.05, 0.1) is 8.67 Å². The highest BCUT2D eigenvalue weighted by atomic mass is 35.5. The maximum atomic E-state index is 6.09. The van der Waals surface area contributed by atoms with Crippen LogP contribution in [0.4, 0.5) is 0 Å². The van der Waals surface area contributed by atoms with Crippen molar-refractivity contribution in [2.24, 2.45) is 0 Å². The third-order valence-corrected chi connectivity index (χ3v) is 3.89. The molecule has 0 aliphatic heterocycles. The first-order valence-electron chi connectivity index (χ1n) is 5.65. The van der Waals surface area contributed by atoms with Crippen molar-refractivity contribution < 1.29 is 0 Å². The molecule has 0 unspecified atom stereocenters. The van der Waals surface area contributed by atoms with E-state index < -0.39 is 0 Å². The average Bonchev–Trinajstić information content (AvgIpc) is 2.42. The predicted octanol–water partition coefficient (Wildman–Crippen LogP) is 3.87. The molecule has 0 spiro atoms. The van der Waals surface area contributed by atoms with Crippen LogP contribution in [-0.2, 0) is 6.54 Å². The fourth-order valence-corrected chi connectivity index (χ4v) is 2.95. The molecule has 1 heterocycles. The number of rotatable bonds is 5. The molecule has 0 aliphatic carbocycles. The third-order valence-electron chi connectivity index (χ3n) is 2.32. The third kappa shape index (κ3) is 6.07. The minimum absolute atomic E-state index is 0.171. The second kappa shape index (κ2) is 6.39. The van der Waals surface area contributed by atoms with Crippen molar-refractivity contribution in [3.8, 4) is 0 Å². The van der Waals surface area contributed by atoms with Gasteiger partial charge in [0, 0.05) is 25.2 Å². The van der Waals surface area contributed by atoms with E-state index in [9.17, 15) is 0 Å². The molecule has 17 heavy (non-hydrogen) atoms. The van der Waals surface area contributed by atoms with Crippen LogP contribution >= 0.6 is 34.5 Å². The molecular formula is C12H20Cl2N2S. The summed E-state index contributed by atoms with van der Waals surface area (Å²) in [5, 5.41) is 3.46. The molecule has 0 bridgehead atoms. The average molecular weight is 295 g/mol. The van der Waals surface area contributed by atoms with Crippen LogP contribution in [0.25, 0.3) is 0 Å². The van der Waals surface area contributed by atoms with Gasteiger partial charge >= 0.3 is 0 Å². The highest BCUT2D eigenvalue weighted by Crippen LogP contribution is 2.31. The summed E-state index contributed by atoms with van der Waals surface area (Å²) < 4.78 is 1.55. The number of nitrogens with one attached hydrogen (secondary N) is 1. The quantitative estimate of drug-likeness (QED) is 0.887. The molecule has 98 valence electrons. The monoisotopic (exact) mass is 294 g/mol. The summed E-state index contributed by atoms with van der Waals surface area (Å²) in [5.41, 5.74) is 1.28. The van der Waals surface area contributed by atoms with E-state index in [1.54, 1.807) is 0 Å². The summed E-state index contributed by atoms with van der Waals surface area (Å²) >= 11 is 13.4. The van der Waals surface area contributed by atoms with E-state index in [4.69, 9.17) is 23.2 Å². The lowest BCUT2D eigenvalue weighted by molar-refractivity contribution is 0.304. The lowest BCUT2D eigenvalue weighted by Gasteiger charge is -2.23. The van der Waals surface area contributed by atoms with Gasteiger partial charge in [0.25, 0.3) is 0 Å². The van der Waals surface area contributed by atoms with Crippen LogP contribution in [0.15, 0.2) is 6.07 Å². The van der Waals surface area contributed by atoms with Gasteiger partial charge in [0.2, 0.25) is 0 Å². The molecule has 1 N–H and O–H groups in total. The largest absolute Gasteiger partial charge is 0.311 e. The van der Waals surface area contributed by atoms with Crippen LogP contribution in [0.2, 0.25) is 8.67 Å². The lowest BCUT2D eigenvalue weighted by Crippen LogP contribution is -2.40. The van der Waals surface area contributed by atoms with E-state index in [1.165, 1.54) is 11.3 Å². The molecule has 0 aliphatic rings. The normalized spacial score (nSPS) is 12.4. The van der Waals surface area contributed by atoms with Gasteiger partial charge in [0.1, 0.15) is 0 Å². The number of hydrogen-bond acceptors (Lipinski definition) is 3.